The minimum absolute atomic E-state index is 0.0633. The minimum Gasteiger partial charge on any atom is -0.504 e. The Kier molecular flexibility index (Phi) is 6.20. The highest BCUT2D eigenvalue weighted by Crippen LogP contribution is 2.49. The number of hydrogen-bond acceptors (Lipinski definition) is 2. The molecule has 2 fully saturated rings. The van der Waals surface area contributed by atoms with Crippen LogP contribution in [0.15, 0.2) is 12.1 Å². The highest BCUT2D eigenvalue weighted by atomic mass is 16.3. The van der Waals surface area contributed by atoms with E-state index < -0.39 is 0 Å². The molecule has 0 bridgehead atoms. The lowest BCUT2D eigenvalue weighted by atomic mass is 9.96. The van der Waals surface area contributed by atoms with Crippen LogP contribution in [-0.2, 0) is 12.8 Å². The predicted molar refractivity (Wildman–Crippen MR) is 109 cm³/mol. The average molecular weight is 359 g/mol. The van der Waals surface area contributed by atoms with E-state index in [9.17, 15) is 10.2 Å². The molecular formula is C24H38O2. The molecule has 1 aromatic rings. The van der Waals surface area contributed by atoms with Crippen LogP contribution in [0.4, 0.5) is 0 Å². The van der Waals surface area contributed by atoms with Gasteiger partial charge in [-0.2, -0.15) is 0 Å². The molecule has 0 spiro atoms. The van der Waals surface area contributed by atoms with Crippen LogP contribution < -0.4 is 0 Å². The fourth-order valence-electron chi connectivity index (χ4n) is 4.11. The lowest BCUT2D eigenvalue weighted by Gasteiger charge is -2.11. The third-order valence-corrected chi connectivity index (χ3v) is 6.91. The van der Waals surface area contributed by atoms with E-state index in [1.54, 1.807) is 6.07 Å². The number of aryl methyl sites for hydroxylation is 2. The second-order valence-electron chi connectivity index (χ2n) is 9.87. The average Bonchev–Trinajstić information content (AvgIpc) is 3.52. The van der Waals surface area contributed by atoms with Crippen LogP contribution in [0.5, 0.6) is 11.5 Å². The molecule has 2 aliphatic rings. The van der Waals surface area contributed by atoms with E-state index in [4.69, 9.17) is 0 Å². The summed E-state index contributed by atoms with van der Waals surface area (Å²) < 4.78 is 0. The molecule has 26 heavy (non-hydrogen) atoms. The highest BCUT2D eigenvalue weighted by Gasteiger charge is 2.36. The monoisotopic (exact) mass is 358 g/mol. The molecule has 3 rings (SSSR count). The first-order valence-electron chi connectivity index (χ1n) is 10.9. The SMILES string of the molecule is CC1(CCCCCCc2cc(CCCCC3(C)CC3)cc(O)c2O)CC1. The summed E-state index contributed by atoms with van der Waals surface area (Å²) in [5, 5.41) is 20.2. The Balaban J connectivity index is 1.38. The molecule has 0 aromatic heterocycles. The molecule has 2 heteroatoms. The van der Waals surface area contributed by atoms with Gasteiger partial charge in [-0.1, -0.05) is 45.6 Å². The zero-order valence-electron chi connectivity index (χ0n) is 16.9. The maximum atomic E-state index is 10.2. The van der Waals surface area contributed by atoms with Crippen molar-refractivity contribution in [1.29, 1.82) is 0 Å². The summed E-state index contributed by atoms with van der Waals surface area (Å²) in [6.07, 6.45) is 17.7. The van der Waals surface area contributed by atoms with Gasteiger partial charge in [0.2, 0.25) is 0 Å². The summed E-state index contributed by atoms with van der Waals surface area (Å²) in [7, 11) is 0. The third-order valence-electron chi connectivity index (χ3n) is 6.91. The van der Waals surface area contributed by atoms with E-state index in [1.807, 2.05) is 0 Å². The van der Waals surface area contributed by atoms with Gasteiger partial charge in [0, 0.05) is 0 Å². The maximum Gasteiger partial charge on any atom is 0.160 e. The number of phenols is 2. The fraction of sp³-hybridized carbons (Fsp3) is 0.750. The van der Waals surface area contributed by atoms with Gasteiger partial charge in [-0.25, -0.2) is 0 Å². The van der Waals surface area contributed by atoms with E-state index >= 15 is 0 Å². The molecule has 0 aliphatic heterocycles. The number of phenolic OH excluding ortho intramolecular Hbond substituents is 2. The van der Waals surface area contributed by atoms with E-state index in [2.05, 4.69) is 19.9 Å². The van der Waals surface area contributed by atoms with Crippen molar-refractivity contribution in [3.05, 3.63) is 23.3 Å². The van der Waals surface area contributed by atoms with E-state index in [0.717, 1.165) is 24.8 Å². The topological polar surface area (TPSA) is 40.5 Å². The Morgan fingerprint density at radius 1 is 0.731 bits per heavy atom. The largest absolute Gasteiger partial charge is 0.504 e. The second-order valence-corrected chi connectivity index (χ2v) is 9.87. The minimum atomic E-state index is 0.0633. The Hall–Kier alpha value is -1.18. The van der Waals surface area contributed by atoms with Gasteiger partial charge in [-0.15, -0.1) is 0 Å². The van der Waals surface area contributed by atoms with Crippen molar-refractivity contribution >= 4 is 0 Å². The number of benzene rings is 1. The number of aromatic hydroxyl groups is 2. The van der Waals surface area contributed by atoms with Gasteiger partial charge in [0.25, 0.3) is 0 Å². The molecule has 2 aliphatic carbocycles. The molecule has 0 atom stereocenters. The normalized spacial score (nSPS) is 19.5. The Morgan fingerprint density at radius 2 is 1.27 bits per heavy atom. The number of hydrogen-bond donors (Lipinski definition) is 2. The van der Waals surface area contributed by atoms with Crippen LogP contribution in [0.1, 0.15) is 102 Å². The molecule has 0 unspecified atom stereocenters. The summed E-state index contributed by atoms with van der Waals surface area (Å²) >= 11 is 0. The first-order chi connectivity index (χ1) is 12.4. The predicted octanol–water partition coefficient (Wildman–Crippen LogP) is 6.90. The zero-order chi connectivity index (χ0) is 18.6. The Bertz CT molecular complexity index is 596. The van der Waals surface area contributed by atoms with Gasteiger partial charge < -0.3 is 10.2 Å². The Morgan fingerprint density at radius 3 is 1.88 bits per heavy atom. The van der Waals surface area contributed by atoms with Gasteiger partial charge >= 0.3 is 0 Å². The van der Waals surface area contributed by atoms with Crippen LogP contribution in [0.3, 0.4) is 0 Å². The van der Waals surface area contributed by atoms with Gasteiger partial charge in [0.15, 0.2) is 11.5 Å². The van der Waals surface area contributed by atoms with Crippen LogP contribution in [0.2, 0.25) is 0 Å². The van der Waals surface area contributed by atoms with Crippen molar-refractivity contribution in [2.45, 2.75) is 104 Å². The molecule has 2 nitrogen and oxygen atoms in total. The maximum absolute atomic E-state index is 10.2. The van der Waals surface area contributed by atoms with Crippen molar-refractivity contribution in [2.75, 3.05) is 0 Å². The van der Waals surface area contributed by atoms with Crippen molar-refractivity contribution in [3.8, 4) is 11.5 Å². The molecule has 0 saturated heterocycles. The third kappa shape index (κ3) is 5.93. The molecule has 1 aromatic carbocycles. The molecule has 146 valence electrons. The first kappa shape index (κ1) is 19.6. The zero-order valence-corrected chi connectivity index (χ0v) is 16.9. The smallest absolute Gasteiger partial charge is 0.160 e. The lowest BCUT2D eigenvalue weighted by molar-refractivity contribution is 0.397. The van der Waals surface area contributed by atoms with Crippen molar-refractivity contribution in [1.82, 2.24) is 0 Å². The summed E-state index contributed by atoms with van der Waals surface area (Å²) in [6.45, 7) is 4.80. The molecular weight excluding hydrogens is 320 g/mol. The van der Waals surface area contributed by atoms with Gasteiger partial charge in [0.1, 0.15) is 0 Å². The fourth-order valence-corrected chi connectivity index (χ4v) is 4.11. The molecule has 0 amide bonds. The van der Waals surface area contributed by atoms with Crippen molar-refractivity contribution in [2.24, 2.45) is 10.8 Å². The summed E-state index contributed by atoms with van der Waals surface area (Å²) in [4.78, 5) is 0. The molecule has 2 N–H and O–H groups in total. The highest BCUT2D eigenvalue weighted by molar-refractivity contribution is 5.47. The number of rotatable bonds is 12. The van der Waals surface area contributed by atoms with E-state index in [-0.39, 0.29) is 11.5 Å². The second kappa shape index (κ2) is 8.23. The van der Waals surface area contributed by atoms with Crippen molar-refractivity contribution < 1.29 is 10.2 Å². The molecule has 0 radical (unpaired) electrons. The van der Waals surface area contributed by atoms with Crippen LogP contribution in [0, 0.1) is 10.8 Å². The van der Waals surface area contributed by atoms with Crippen molar-refractivity contribution in [3.63, 3.8) is 0 Å². The van der Waals surface area contributed by atoms with Crippen LogP contribution >= 0.6 is 0 Å². The van der Waals surface area contributed by atoms with Gasteiger partial charge in [0.05, 0.1) is 0 Å². The van der Waals surface area contributed by atoms with Crippen LogP contribution in [-0.4, -0.2) is 10.2 Å². The first-order valence-corrected chi connectivity index (χ1v) is 10.9. The van der Waals surface area contributed by atoms with E-state index in [1.165, 1.54) is 76.2 Å². The summed E-state index contributed by atoms with van der Waals surface area (Å²) in [6, 6.07) is 3.88. The molecule has 0 heterocycles. The summed E-state index contributed by atoms with van der Waals surface area (Å²) in [5.74, 6) is 0.165. The van der Waals surface area contributed by atoms with E-state index in [0.29, 0.717) is 10.8 Å². The quantitative estimate of drug-likeness (QED) is 0.315. The van der Waals surface area contributed by atoms with Gasteiger partial charge in [-0.3, -0.25) is 0 Å². The summed E-state index contributed by atoms with van der Waals surface area (Å²) in [5.41, 5.74) is 3.43. The van der Waals surface area contributed by atoms with Crippen LogP contribution in [0.25, 0.3) is 0 Å². The lowest BCUT2D eigenvalue weighted by Crippen LogP contribution is -1.96. The molecule has 2 saturated carbocycles. The number of unbranched alkanes of at least 4 members (excludes halogenated alkanes) is 4. The van der Waals surface area contributed by atoms with Gasteiger partial charge in [-0.05, 0) is 92.2 Å². The standard InChI is InChI=1S/C24H38O2/c1-23(13-14-23)11-7-4-3-5-10-20-17-19(18-21(25)22(20)26)9-6-8-12-24(2)15-16-24/h17-18,25-26H,3-16H2,1-2H3. The Labute approximate surface area is 160 Å².